The Morgan fingerprint density at radius 2 is 2.27 bits per heavy atom. The SMILES string of the molecule is CC(C)(C)c1cnc(CSC(S)CN)o1. The number of nitrogens with zero attached hydrogens (tertiary/aromatic N) is 1. The number of thiol groups is 1. The van der Waals surface area contributed by atoms with Crippen LogP contribution in [0.1, 0.15) is 32.4 Å². The number of aromatic nitrogens is 1. The summed E-state index contributed by atoms with van der Waals surface area (Å²) >= 11 is 5.93. The fraction of sp³-hybridized carbons (Fsp3) is 0.700. The predicted octanol–water partition coefficient (Wildman–Crippen LogP) is 2.42. The summed E-state index contributed by atoms with van der Waals surface area (Å²) < 4.78 is 5.78. The Labute approximate surface area is 101 Å². The van der Waals surface area contributed by atoms with Crippen molar-refractivity contribution in [1.82, 2.24) is 4.98 Å². The zero-order valence-electron chi connectivity index (χ0n) is 9.36. The molecule has 0 aromatic carbocycles. The molecule has 0 bridgehead atoms. The smallest absolute Gasteiger partial charge is 0.204 e. The van der Waals surface area contributed by atoms with Crippen LogP contribution < -0.4 is 5.73 Å². The number of rotatable bonds is 4. The topological polar surface area (TPSA) is 52.0 Å². The maximum atomic E-state index is 5.64. The Kier molecular flexibility index (Phi) is 4.55. The first-order valence-electron chi connectivity index (χ1n) is 4.88. The zero-order valence-corrected chi connectivity index (χ0v) is 11.1. The van der Waals surface area contributed by atoms with Crippen molar-refractivity contribution >= 4 is 24.4 Å². The van der Waals surface area contributed by atoms with Gasteiger partial charge in [0.05, 0.1) is 16.5 Å². The Bertz CT molecular complexity index is 307. The first-order valence-corrected chi connectivity index (χ1v) is 6.45. The molecule has 1 aromatic heterocycles. The molecule has 0 amide bonds. The summed E-state index contributed by atoms with van der Waals surface area (Å²) in [6.07, 6.45) is 1.80. The third-order valence-electron chi connectivity index (χ3n) is 1.89. The van der Waals surface area contributed by atoms with Gasteiger partial charge in [-0.1, -0.05) is 20.8 Å². The highest BCUT2D eigenvalue weighted by molar-refractivity contribution is 8.09. The second-order valence-electron chi connectivity index (χ2n) is 4.37. The van der Waals surface area contributed by atoms with Crippen LogP contribution in [-0.2, 0) is 11.2 Å². The molecule has 0 aliphatic rings. The van der Waals surface area contributed by atoms with E-state index in [0.717, 1.165) is 17.4 Å². The molecule has 0 aliphatic heterocycles. The molecule has 0 saturated heterocycles. The van der Waals surface area contributed by atoms with E-state index in [1.807, 2.05) is 0 Å². The van der Waals surface area contributed by atoms with Gasteiger partial charge in [0.1, 0.15) is 5.76 Å². The lowest BCUT2D eigenvalue weighted by Gasteiger charge is -2.13. The van der Waals surface area contributed by atoms with Crippen LogP contribution in [0.2, 0.25) is 0 Å². The Hall–Kier alpha value is -0.130. The molecule has 0 radical (unpaired) electrons. The van der Waals surface area contributed by atoms with Crippen LogP contribution in [0.15, 0.2) is 10.6 Å². The summed E-state index contributed by atoms with van der Waals surface area (Å²) in [6.45, 7) is 6.86. The van der Waals surface area contributed by atoms with Gasteiger partial charge in [-0.25, -0.2) is 4.98 Å². The summed E-state index contributed by atoms with van der Waals surface area (Å²) in [6, 6.07) is 0. The first kappa shape index (κ1) is 12.9. The monoisotopic (exact) mass is 246 g/mol. The van der Waals surface area contributed by atoms with Crippen molar-refractivity contribution in [3.8, 4) is 0 Å². The van der Waals surface area contributed by atoms with Crippen LogP contribution in [0.4, 0.5) is 0 Å². The van der Waals surface area contributed by atoms with Crippen LogP contribution in [0.5, 0.6) is 0 Å². The van der Waals surface area contributed by atoms with Gasteiger partial charge in [-0.2, -0.15) is 12.6 Å². The van der Waals surface area contributed by atoms with Gasteiger partial charge in [-0.3, -0.25) is 0 Å². The second-order valence-corrected chi connectivity index (χ2v) is 6.53. The van der Waals surface area contributed by atoms with Crippen molar-refractivity contribution in [2.24, 2.45) is 5.73 Å². The minimum Gasteiger partial charge on any atom is -0.444 e. The standard InChI is InChI=1S/C10H18N2OS2/c1-10(2,3)7-5-12-8(13-7)6-15-9(14)4-11/h5,9,14H,4,6,11H2,1-3H3. The number of hydrogen-bond acceptors (Lipinski definition) is 5. The van der Waals surface area contributed by atoms with E-state index in [0.29, 0.717) is 6.54 Å². The van der Waals surface area contributed by atoms with E-state index >= 15 is 0 Å². The third-order valence-corrected chi connectivity index (χ3v) is 3.54. The van der Waals surface area contributed by atoms with Crippen molar-refractivity contribution in [2.75, 3.05) is 6.54 Å². The largest absolute Gasteiger partial charge is 0.444 e. The molecule has 0 fully saturated rings. The molecule has 0 spiro atoms. The molecule has 1 aromatic rings. The van der Waals surface area contributed by atoms with Crippen molar-refractivity contribution < 1.29 is 4.42 Å². The summed E-state index contributed by atoms with van der Waals surface area (Å²) in [7, 11) is 0. The third kappa shape index (κ3) is 4.09. The Balaban J connectivity index is 2.54. The number of nitrogens with two attached hydrogens (primary N) is 1. The zero-order chi connectivity index (χ0) is 11.5. The van der Waals surface area contributed by atoms with E-state index in [4.69, 9.17) is 10.2 Å². The van der Waals surface area contributed by atoms with E-state index in [-0.39, 0.29) is 10.00 Å². The number of thioether (sulfide) groups is 1. The molecule has 5 heteroatoms. The quantitative estimate of drug-likeness (QED) is 0.633. The average Bonchev–Trinajstić information content (AvgIpc) is 2.61. The summed E-state index contributed by atoms with van der Waals surface area (Å²) in [5.41, 5.74) is 5.48. The lowest BCUT2D eigenvalue weighted by atomic mass is 9.94. The molecule has 0 aliphatic carbocycles. The van der Waals surface area contributed by atoms with Crippen molar-refractivity contribution in [3.63, 3.8) is 0 Å². The lowest BCUT2D eigenvalue weighted by molar-refractivity contribution is 0.391. The Morgan fingerprint density at radius 3 is 2.73 bits per heavy atom. The van der Waals surface area contributed by atoms with Crippen LogP contribution in [0, 0.1) is 0 Å². The van der Waals surface area contributed by atoms with E-state index in [1.54, 1.807) is 18.0 Å². The molecule has 1 rings (SSSR count). The van der Waals surface area contributed by atoms with Gasteiger partial charge in [0, 0.05) is 12.0 Å². The minimum absolute atomic E-state index is 0.0180. The van der Waals surface area contributed by atoms with Gasteiger partial charge in [0.25, 0.3) is 0 Å². The molecule has 2 N–H and O–H groups in total. The van der Waals surface area contributed by atoms with Crippen molar-refractivity contribution in [1.29, 1.82) is 0 Å². The molecule has 1 heterocycles. The average molecular weight is 246 g/mol. The van der Waals surface area contributed by atoms with Gasteiger partial charge in [0.15, 0.2) is 0 Å². The van der Waals surface area contributed by atoms with Crippen molar-refractivity contribution in [3.05, 3.63) is 17.8 Å². The molecular weight excluding hydrogens is 228 g/mol. The fourth-order valence-electron chi connectivity index (χ4n) is 0.959. The highest BCUT2D eigenvalue weighted by atomic mass is 32.2. The molecule has 15 heavy (non-hydrogen) atoms. The van der Waals surface area contributed by atoms with Crippen LogP contribution in [0.25, 0.3) is 0 Å². The van der Waals surface area contributed by atoms with Gasteiger partial charge in [-0.05, 0) is 0 Å². The van der Waals surface area contributed by atoms with Crippen LogP contribution in [0.3, 0.4) is 0 Å². The number of oxazole rings is 1. The Morgan fingerprint density at radius 1 is 1.60 bits per heavy atom. The fourth-order valence-corrected chi connectivity index (χ4v) is 1.79. The summed E-state index contributed by atoms with van der Waals surface area (Å²) in [5, 5.41) is 0. The van der Waals surface area contributed by atoms with Gasteiger partial charge < -0.3 is 10.2 Å². The van der Waals surface area contributed by atoms with E-state index in [2.05, 4.69) is 38.4 Å². The normalized spacial score (nSPS) is 14.2. The van der Waals surface area contributed by atoms with E-state index in [9.17, 15) is 0 Å². The minimum atomic E-state index is 0.0180. The van der Waals surface area contributed by atoms with Crippen molar-refractivity contribution in [2.45, 2.75) is 36.5 Å². The molecule has 1 unspecified atom stereocenters. The van der Waals surface area contributed by atoms with Crippen LogP contribution >= 0.6 is 24.4 Å². The highest BCUT2D eigenvalue weighted by Gasteiger charge is 2.19. The van der Waals surface area contributed by atoms with Crippen LogP contribution in [-0.4, -0.2) is 16.1 Å². The maximum Gasteiger partial charge on any atom is 0.204 e. The van der Waals surface area contributed by atoms with E-state index in [1.165, 1.54) is 0 Å². The highest BCUT2D eigenvalue weighted by Crippen LogP contribution is 2.25. The summed E-state index contributed by atoms with van der Waals surface area (Å²) in [5.74, 6) is 2.39. The lowest BCUT2D eigenvalue weighted by Crippen LogP contribution is -2.10. The second kappa shape index (κ2) is 5.27. The molecule has 0 saturated carbocycles. The molecular formula is C10H18N2OS2. The van der Waals surface area contributed by atoms with Gasteiger partial charge in [0.2, 0.25) is 5.89 Å². The van der Waals surface area contributed by atoms with Gasteiger partial charge in [-0.15, -0.1) is 11.8 Å². The number of hydrogen-bond donors (Lipinski definition) is 2. The van der Waals surface area contributed by atoms with E-state index < -0.39 is 0 Å². The predicted molar refractivity (Wildman–Crippen MR) is 68.3 cm³/mol. The molecule has 3 nitrogen and oxygen atoms in total. The maximum absolute atomic E-state index is 5.64. The summed E-state index contributed by atoms with van der Waals surface area (Å²) in [4.78, 5) is 4.23. The van der Waals surface area contributed by atoms with Gasteiger partial charge >= 0.3 is 0 Å². The molecule has 86 valence electrons. The molecule has 1 atom stereocenters. The first-order chi connectivity index (χ1) is 6.93.